The highest BCUT2D eigenvalue weighted by Gasteiger charge is 2.22. The van der Waals surface area contributed by atoms with E-state index in [0.717, 1.165) is 36.9 Å². The van der Waals surface area contributed by atoms with Crippen LogP contribution in [0.1, 0.15) is 41.5 Å². The fraction of sp³-hybridized carbons (Fsp3) is 0.381. The quantitative estimate of drug-likeness (QED) is 0.634. The largest absolute Gasteiger partial charge is 0.298 e. The van der Waals surface area contributed by atoms with E-state index in [1.54, 1.807) is 11.6 Å². The molecule has 1 atom stereocenters. The van der Waals surface area contributed by atoms with Gasteiger partial charge in [0.25, 0.3) is 5.91 Å². The summed E-state index contributed by atoms with van der Waals surface area (Å²) in [6, 6.07) is 9.53. The second-order valence-corrected chi connectivity index (χ2v) is 8.80. The lowest BCUT2D eigenvalue weighted by Gasteiger charge is -2.30. The van der Waals surface area contributed by atoms with Gasteiger partial charge in [-0.25, -0.2) is 9.67 Å². The second-order valence-electron chi connectivity index (χ2n) is 7.58. The average Bonchev–Trinajstić information content (AvgIpc) is 3.25. The number of amides is 1. The number of hydrogen-bond acceptors (Lipinski definition) is 5. The van der Waals surface area contributed by atoms with E-state index >= 15 is 0 Å². The topological polar surface area (TPSA) is 63.1 Å². The Morgan fingerprint density at radius 3 is 2.90 bits per heavy atom. The van der Waals surface area contributed by atoms with Gasteiger partial charge >= 0.3 is 0 Å². The van der Waals surface area contributed by atoms with E-state index < -0.39 is 0 Å². The fourth-order valence-corrected chi connectivity index (χ4v) is 4.81. The maximum absolute atomic E-state index is 12.9. The molecule has 3 aromatic rings. The highest BCUT2D eigenvalue weighted by atomic mass is 35.5. The fourth-order valence-electron chi connectivity index (χ4n) is 3.75. The first-order valence-electron chi connectivity index (χ1n) is 9.80. The molecule has 1 saturated heterocycles. The van der Waals surface area contributed by atoms with Crippen LogP contribution in [-0.4, -0.2) is 38.7 Å². The van der Waals surface area contributed by atoms with Gasteiger partial charge in [0, 0.05) is 18.5 Å². The van der Waals surface area contributed by atoms with Gasteiger partial charge in [-0.15, -0.1) is 11.3 Å². The summed E-state index contributed by atoms with van der Waals surface area (Å²) in [6.07, 6.45) is 2.53. The standard InChI is InChI=1S/C21H24ClN5OS/c1-14-7-6-10-26(11-14)12-16-13-29-21(23-16)24-20(28)18-15(2)25-27(19(18)22)17-8-4-3-5-9-17/h3-5,8-9,13-14H,6-7,10-12H2,1-2H3,(H,23,24,28). The van der Waals surface area contributed by atoms with Crippen LogP contribution in [0.5, 0.6) is 0 Å². The lowest BCUT2D eigenvalue weighted by atomic mass is 10.0. The summed E-state index contributed by atoms with van der Waals surface area (Å²) in [5.74, 6) is 0.440. The molecule has 1 aliphatic rings. The summed E-state index contributed by atoms with van der Waals surface area (Å²) in [5, 5.41) is 10.2. The van der Waals surface area contributed by atoms with E-state index in [1.807, 2.05) is 35.7 Å². The van der Waals surface area contributed by atoms with Crippen molar-refractivity contribution in [3.63, 3.8) is 0 Å². The van der Waals surface area contributed by atoms with Gasteiger partial charge in [-0.3, -0.25) is 15.0 Å². The van der Waals surface area contributed by atoms with Gasteiger partial charge in [0.15, 0.2) is 5.13 Å². The molecule has 4 rings (SSSR count). The van der Waals surface area contributed by atoms with Crippen LogP contribution in [0.25, 0.3) is 5.69 Å². The number of carbonyl (C=O) groups is 1. The Hall–Kier alpha value is -2.22. The van der Waals surface area contributed by atoms with E-state index in [-0.39, 0.29) is 5.91 Å². The summed E-state index contributed by atoms with van der Waals surface area (Å²) >= 11 is 7.93. The third kappa shape index (κ3) is 4.52. The van der Waals surface area contributed by atoms with E-state index in [1.165, 1.54) is 24.2 Å². The molecule has 29 heavy (non-hydrogen) atoms. The van der Waals surface area contributed by atoms with Gasteiger partial charge in [-0.2, -0.15) is 5.10 Å². The number of nitrogens with one attached hydrogen (secondary N) is 1. The lowest BCUT2D eigenvalue weighted by molar-refractivity contribution is 0.102. The summed E-state index contributed by atoms with van der Waals surface area (Å²) in [6.45, 7) is 7.11. The molecule has 0 saturated carbocycles. The van der Waals surface area contributed by atoms with Crippen molar-refractivity contribution in [1.29, 1.82) is 0 Å². The van der Waals surface area contributed by atoms with Gasteiger partial charge in [-0.1, -0.05) is 36.7 Å². The van der Waals surface area contributed by atoms with Crippen LogP contribution in [0.3, 0.4) is 0 Å². The van der Waals surface area contributed by atoms with Crippen LogP contribution in [0.2, 0.25) is 5.15 Å². The molecule has 1 aliphatic heterocycles. The van der Waals surface area contributed by atoms with Crippen LogP contribution in [0.15, 0.2) is 35.7 Å². The van der Waals surface area contributed by atoms with E-state index in [0.29, 0.717) is 21.5 Å². The van der Waals surface area contributed by atoms with Crippen LogP contribution in [0, 0.1) is 12.8 Å². The van der Waals surface area contributed by atoms with Crippen molar-refractivity contribution in [3.8, 4) is 5.69 Å². The van der Waals surface area contributed by atoms with Crippen molar-refractivity contribution >= 4 is 34.0 Å². The summed E-state index contributed by atoms with van der Waals surface area (Å²) in [4.78, 5) is 19.9. The SMILES string of the molecule is Cc1nn(-c2ccccc2)c(Cl)c1C(=O)Nc1nc(CN2CCCC(C)C2)cs1. The molecule has 1 unspecified atom stereocenters. The minimum absolute atomic E-state index is 0.290. The number of para-hydroxylation sites is 1. The lowest BCUT2D eigenvalue weighted by Crippen LogP contribution is -2.33. The van der Waals surface area contributed by atoms with Crippen LogP contribution in [-0.2, 0) is 6.54 Å². The molecule has 1 fully saturated rings. The minimum atomic E-state index is -0.290. The first-order valence-corrected chi connectivity index (χ1v) is 11.1. The summed E-state index contributed by atoms with van der Waals surface area (Å²) in [5.41, 5.74) is 2.75. The average molecular weight is 430 g/mol. The van der Waals surface area contributed by atoms with Crippen molar-refractivity contribution in [2.45, 2.75) is 33.2 Å². The molecule has 2 aromatic heterocycles. The Morgan fingerprint density at radius 2 is 2.14 bits per heavy atom. The van der Waals surface area contributed by atoms with E-state index in [4.69, 9.17) is 11.6 Å². The van der Waals surface area contributed by atoms with Crippen LogP contribution >= 0.6 is 22.9 Å². The van der Waals surface area contributed by atoms with Gasteiger partial charge in [0.05, 0.1) is 17.1 Å². The molecule has 1 amide bonds. The number of rotatable bonds is 5. The summed E-state index contributed by atoms with van der Waals surface area (Å²) in [7, 11) is 0. The number of thiazole rings is 1. The van der Waals surface area contributed by atoms with Gasteiger partial charge in [0.2, 0.25) is 0 Å². The van der Waals surface area contributed by atoms with Crippen molar-refractivity contribution in [1.82, 2.24) is 19.7 Å². The molecule has 8 heteroatoms. The zero-order valence-corrected chi connectivity index (χ0v) is 18.1. The van der Waals surface area contributed by atoms with Crippen molar-refractivity contribution in [3.05, 3.63) is 57.8 Å². The predicted molar refractivity (Wildman–Crippen MR) is 117 cm³/mol. The number of anilines is 1. The Balaban J connectivity index is 1.46. The third-order valence-electron chi connectivity index (χ3n) is 5.13. The minimum Gasteiger partial charge on any atom is -0.298 e. The second kappa shape index (κ2) is 8.65. The first kappa shape index (κ1) is 20.1. The smallest absolute Gasteiger partial charge is 0.262 e. The molecule has 1 aromatic carbocycles. The van der Waals surface area contributed by atoms with Crippen molar-refractivity contribution < 1.29 is 4.79 Å². The van der Waals surface area contributed by atoms with Gasteiger partial charge < -0.3 is 0 Å². The Morgan fingerprint density at radius 1 is 1.34 bits per heavy atom. The molecule has 0 aliphatic carbocycles. The molecule has 6 nitrogen and oxygen atoms in total. The number of aromatic nitrogens is 3. The monoisotopic (exact) mass is 429 g/mol. The zero-order valence-electron chi connectivity index (χ0n) is 16.6. The maximum atomic E-state index is 12.9. The number of piperidine rings is 1. The van der Waals surface area contributed by atoms with Crippen molar-refractivity contribution in [2.24, 2.45) is 5.92 Å². The molecule has 1 N–H and O–H groups in total. The number of benzene rings is 1. The predicted octanol–water partition coefficient (Wildman–Crippen LogP) is 4.77. The molecule has 0 spiro atoms. The molecular formula is C21H24ClN5OS. The molecule has 3 heterocycles. The number of carbonyl (C=O) groups excluding carboxylic acids is 1. The first-order chi connectivity index (χ1) is 14.0. The molecular weight excluding hydrogens is 406 g/mol. The number of halogens is 1. The zero-order chi connectivity index (χ0) is 20.4. The normalized spacial score (nSPS) is 17.4. The molecule has 152 valence electrons. The Labute approximate surface area is 179 Å². The Kier molecular flexibility index (Phi) is 5.99. The van der Waals surface area contributed by atoms with Crippen LogP contribution in [0.4, 0.5) is 5.13 Å². The number of nitrogens with zero attached hydrogens (tertiary/aromatic N) is 4. The molecule has 0 bridgehead atoms. The Bertz CT molecular complexity index is 1000. The van der Waals surface area contributed by atoms with Crippen molar-refractivity contribution in [2.75, 3.05) is 18.4 Å². The molecule has 0 radical (unpaired) electrons. The summed E-state index contributed by atoms with van der Waals surface area (Å²) < 4.78 is 1.58. The number of hydrogen-bond donors (Lipinski definition) is 1. The third-order valence-corrected chi connectivity index (χ3v) is 6.29. The van der Waals surface area contributed by atoms with E-state index in [9.17, 15) is 4.79 Å². The maximum Gasteiger partial charge on any atom is 0.262 e. The number of likely N-dealkylation sites (tertiary alicyclic amines) is 1. The number of aryl methyl sites for hydroxylation is 1. The highest BCUT2D eigenvalue weighted by Crippen LogP contribution is 2.26. The van der Waals surface area contributed by atoms with Crippen LogP contribution < -0.4 is 5.32 Å². The van der Waals surface area contributed by atoms with Gasteiger partial charge in [-0.05, 0) is 44.4 Å². The van der Waals surface area contributed by atoms with E-state index in [2.05, 4.69) is 27.2 Å². The van der Waals surface area contributed by atoms with Gasteiger partial charge in [0.1, 0.15) is 10.7 Å². The highest BCUT2D eigenvalue weighted by molar-refractivity contribution is 7.14.